The molecule has 0 saturated heterocycles. The smallest absolute Gasteiger partial charge is 0.345 e. The van der Waals surface area contributed by atoms with Crippen LogP contribution in [-0.2, 0) is 15.8 Å². The molecule has 152 valence electrons. The molecule has 4 aliphatic carbocycles. The van der Waals surface area contributed by atoms with Crippen molar-refractivity contribution in [2.75, 3.05) is 5.32 Å². The standard InChI is InChI=1S/C21H25F3N2O2/c1-12(20-9-13-6-14(10-20)8-15(7-13)11-20)25-18(27)19(28)26-17-4-2-16(3-5-17)21(22,23)24/h2-5,12-15H,6-11H2,1H3,(H,25,27)(H,26,28). The zero-order valence-electron chi connectivity index (χ0n) is 15.8. The highest BCUT2D eigenvalue weighted by Crippen LogP contribution is 2.61. The van der Waals surface area contributed by atoms with E-state index in [1.54, 1.807) is 0 Å². The number of nitrogens with one attached hydrogen (secondary N) is 2. The molecule has 0 aromatic heterocycles. The molecule has 2 amide bonds. The highest BCUT2D eigenvalue weighted by atomic mass is 19.4. The summed E-state index contributed by atoms with van der Waals surface area (Å²) in [7, 11) is 0. The summed E-state index contributed by atoms with van der Waals surface area (Å²) < 4.78 is 37.8. The van der Waals surface area contributed by atoms with Crippen molar-refractivity contribution < 1.29 is 22.8 Å². The minimum Gasteiger partial charge on any atom is -0.345 e. The Balaban J connectivity index is 1.36. The Bertz CT molecular complexity index is 738. The molecule has 4 nitrogen and oxygen atoms in total. The molecule has 1 unspecified atom stereocenters. The van der Waals surface area contributed by atoms with Gasteiger partial charge in [-0.25, -0.2) is 0 Å². The first kappa shape index (κ1) is 19.3. The van der Waals surface area contributed by atoms with Crippen LogP contribution in [0.5, 0.6) is 0 Å². The summed E-state index contributed by atoms with van der Waals surface area (Å²) in [5.74, 6) is 0.643. The van der Waals surface area contributed by atoms with Crippen LogP contribution in [0.1, 0.15) is 51.0 Å². The SMILES string of the molecule is CC(NC(=O)C(=O)Nc1ccc(C(F)(F)F)cc1)C12CC3CC(CC(C3)C1)C2. The van der Waals surface area contributed by atoms with E-state index in [9.17, 15) is 22.8 Å². The summed E-state index contributed by atoms with van der Waals surface area (Å²) in [5, 5.41) is 5.24. The molecule has 4 saturated carbocycles. The van der Waals surface area contributed by atoms with Crippen LogP contribution in [0.3, 0.4) is 0 Å². The predicted octanol–water partition coefficient (Wildman–Crippen LogP) is 4.37. The lowest BCUT2D eigenvalue weighted by atomic mass is 9.48. The molecule has 1 aromatic rings. The molecule has 7 heteroatoms. The van der Waals surface area contributed by atoms with Crippen molar-refractivity contribution in [1.29, 1.82) is 0 Å². The molecule has 5 rings (SSSR count). The van der Waals surface area contributed by atoms with Crippen molar-refractivity contribution in [2.45, 2.75) is 57.7 Å². The van der Waals surface area contributed by atoms with Crippen LogP contribution in [0.4, 0.5) is 18.9 Å². The number of rotatable bonds is 3. The van der Waals surface area contributed by atoms with E-state index in [0.717, 1.165) is 61.3 Å². The number of hydrogen-bond acceptors (Lipinski definition) is 2. The van der Waals surface area contributed by atoms with Gasteiger partial charge in [-0.1, -0.05) is 0 Å². The van der Waals surface area contributed by atoms with Crippen molar-refractivity contribution in [3.8, 4) is 0 Å². The fourth-order valence-electron chi connectivity index (χ4n) is 6.05. The summed E-state index contributed by atoms with van der Waals surface area (Å²) in [4.78, 5) is 24.6. The van der Waals surface area contributed by atoms with Crippen molar-refractivity contribution in [2.24, 2.45) is 23.2 Å². The Kier molecular flexibility index (Phi) is 4.67. The van der Waals surface area contributed by atoms with E-state index in [-0.39, 0.29) is 17.1 Å². The van der Waals surface area contributed by atoms with Gasteiger partial charge in [-0.2, -0.15) is 13.2 Å². The molecule has 0 radical (unpaired) electrons. The predicted molar refractivity (Wildman–Crippen MR) is 98.3 cm³/mol. The number of anilines is 1. The molecule has 0 aliphatic heterocycles. The third-order valence-corrected chi connectivity index (χ3v) is 7.03. The van der Waals surface area contributed by atoms with E-state index >= 15 is 0 Å². The van der Waals surface area contributed by atoms with Gasteiger partial charge >= 0.3 is 18.0 Å². The molecule has 4 fully saturated rings. The Morgan fingerprint density at radius 1 is 0.964 bits per heavy atom. The summed E-state index contributed by atoms with van der Waals surface area (Å²) in [6.07, 6.45) is 2.80. The van der Waals surface area contributed by atoms with Crippen LogP contribution in [0.2, 0.25) is 0 Å². The second-order valence-electron chi connectivity index (χ2n) is 9.00. The molecule has 1 atom stereocenters. The van der Waals surface area contributed by atoms with Gasteiger partial charge in [-0.3, -0.25) is 9.59 Å². The number of halogens is 3. The average Bonchev–Trinajstić information content (AvgIpc) is 2.60. The fraction of sp³-hybridized carbons (Fsp3) is 0.619. The van der Waals surface area contributed by atoms with Gasteiger partial charge in [0.1, 0.15) is 0 Å². The Morgan fingerprint density at radius 2 is 1.46 bits per heavy atom. The number of carbonyl (C=O) groups excluding carboxylic acids is 2. The third kappa shape index (κ3) is 3.63. The van der Waals surface area contributed by atoms with Crippen LogP contribution in [0.15, 0.2) is 24.3 Å². The molecule has 4 aliphatic rings. The van der Waals surface area contributed by atoms with Crippen LogP contribution in [0, 0.1) is 23.2 Å². The lowest BCUT2D eigenvalue weighted by molar-refractivity contribution is -0.138. The molecular weight excluding hydrogens is 369 g/mol. The maximum Gasteiger partial charge on any atom is 0.416 e. The monoisotopic (exact) mass is 394 g/mol. The fourth-order valence-corrected chi connectivity index (χ4v) is 6.05. The number of alkyl halides is 3. The van der Waals surface area contributed by atoms with Gasteiger partial charge in [0, 0.05) is 11.7 Å². The van der Waals surface area contributed by atoms with Gasteiger partial charge in [-0.15, -0.1) is 0 Å². The quantitative estimate of drug-likeness (QED) is 0.748. The number of carbonyl (C=O) groups is 2. The summed E-state index contributed by atoms with van der Waals surface area (Å²) in [6.45, 7) is 1.98. The van der Waals surface area contributed by atoms with Crippen LogP contribution < -0.4 is 10.6 Å². The lowest BCUT2D eigenvalue weighted by Crippen LogP contribution is -2.57. The first-order chi connectivity index (χ1) is 13.1. The highest BCUT2D eigenvalue weighted by Gasteiger charge is 2.53. The first-order valence-electron chi connectivity index (χ1n) is 9.94. The van der Waals surface area contributed by atoms with Crippen molar-refractivity contribution >= 4 is 17.5 Å². The summed E-state index contributed by atoms with van der Waals surface area (Å²) >= 11 is 0. The van der Waals surface area contributed by atoms with Crippen molar-refractivity contribution in [3.05, 3.63) is 29.8 Å². The van der Waals surface area contributed by atoms with Crippen LogP contribution in [-0.4, -0.2) is 17.9 Å². The van der Waals surface area contributed by atoms with Crippen molar-refractivity contribution in [3.63, 3.8) is 0 Å². The molecule has 0 spiro atoms. The second kappa shape index (κ2) is 6.78. The normalized spacial score (nSPS) is 32.1. The number of hydrogen-bond donors (Lipinski definition) is 2. The molecule has 4 bridgehead atoms. The van der Waals surface area contributed by atoms with E-state index in [2.05, 4.69) is 10.6 Å². The second-order valence-corrected chi connectivity index (χ2v) is 9.00. The molecule has 1 aromatic carbocycles. The van der Waals surface area contributed by atoms with Gasteiger partial charge in [0.25, 0.3) is 0 Å². The minimum absolute atomic E-state index is 0.0824. The summed E-state index contributed by atoms with van der Waals surface area (Å²) in [5.41, 5.74) is -0.556. The highest BCUT2D eigenvalue weighted by molar-refractivity contribution is 6.39. The van der Waals surface area contributed by atoms with Gasteiger partial charge in [0.2, 0.25) is 0 Å². The van der Waals surface area contributed by atoms with E-state index in [4.69, 9.17) is 0 Å². The van der Waals surface area contributed by atoms with Crippen LogP contribution >= 0.6 is 0 Å². The minimum atomic E-state index is -4.44. The van der Waals surface area contributed by atoms with Gasteiger partial charge in [0.05, 0.1) is 5.56 Å². The Hall–Kier alpha value is -2.05. The molecule has 28 heavy (non-hydrogen) atoms. The zero-order valence-corrected chi connectivity index (χ0v) is 15.8. The van der Waals surface area contributed by atoms with E-state index in [1.807, 2.05) is 6.92 Å². The van der Waals surface area contributed by atoms with Crippen molar-refractivity contribution in [1.82, 2.24) is 5.32 Å². The van der Waals surface area contributed by atoms with E-state index in [0.29, 0.717) is 0 Å². The van der Waals surface area contributed by atoms with Gasteiger partial charge < -0.3 is 10.6 Å². The van der Waals surface area contributed by atoms with Crippen LogP contribution in [0.25, 0.3) is 0 Å². The Morgan fingerprint density at radius 3 is 1.93 bits per heavy atom. The number of amides is 2. The Labute approximate surface area is 162 Å². The average molecular weight is 394 g/mol. The maximum absolute atomic E-state index is 12.6. The van der Waals surface area contributed by atoms with E-state index < -0.39 is 23.6 Å². The maximum atomic E-state index is 12.6. The molecular formula is C21H25F3N2O2. The van der Waals surface area contributed by atoms with Gasteiger partial charge in [0.15, 0.2) is 0 Å². The lowest BCUT2D eigenvalue weighted by Gasteiger charge is -2.59. The topological polar surface area (TPSA) is 58.2 Å². The third-order valence-electron chi connectivity index (χ3n) is 7.03. The summed E-state index contributed by atoms with van der Waals surface area (Å²) in [6, 6.07) is 3.97. The number of benzene rings is 1. The largest absolute Gasteiger partial charge is 0.416 e. The first-order valence-corrected chi connectivity index (χ1v) is 9.94. The molecule has 2 N–H and O–H groups in total. The zero-order chi connectivity index (χ0) is 20.1. The molecule has 0 heterocycles. The van der Waals surface area contributed by atoms with E-state index in [1.165, 1.54) is 19.3 Å². The van der Waals surface area contributed by atoms with Gasteiger partial charge in [-0.05, 0) is 92.9 Å².